The van der Waals surface area contributed by atoms with Crippen LogP contribution in [0.5, 0.6) is 0 Å². The Bertz CT molecular complexity index is 347. The average Bonchev–Trinajstić information content (AvgIpc) is 2.60. The molecule has 0 aromatic carbocycles. The van der Waals surface area contributed by atoms with Crippen LogP contribution in [0.2, 0.25) is 0 Å². The summed E-state index contributed by atoms with van der Waals surface area (Å²) in [7, 11) is -2.93. The second-order valence-electron chi connectivity index (χ2n) is 4.17. The molecule has 2 heterocycles. The number of nitrogens with zero attached hydrogens (tertiary/aromatic N) is 1. The lowest BCUT2D eigenvalue weighted by Crippen LogP contribution is -2.42. The maximum Gasteiger partial charge on any atom is 0.173 e. The van der Waals surface area contributed by atoms with Gasteiger partial charge in [-0.05, 0) is 0 Å². The SMILES string of the molecule is O=S1(=O)C=CC(NCCN2CCOCC2)C1. The molecule has 92 valence electrons. The average molecular weight is 246 g/mol. The van der Waals surface area contributed by atoms with E-state index in [0.29, 0.717) is 0 Å². The first kappa shape index (κ1) is 12.0. The predicted molar refractivity (Wildman–Crippen MR) is 62.0 cm³/mol. The second kappa shape index (κ2) is 5.27. The van der Waals surface area contributed by atoms with Crippen molar-refractivity contribution in [3.8, 4) is 0 Å². The predicted octanol–water partition coefficient (Wildman–Crippen LogP) is -0.781. The van der Waals surface area contributed by atoms with E-state index in [2.05, 4.69) is 10.2 Å². The molecule has 1 unspecified atom stereocenters. The fourth-order valence-electron chi connectivity index (χ4n) is 1.94. The van der Waals surface area contributed by atoms with Gasteiger partial charge in [-0.2, -0.15) is 0 Å². The summed E-state index contributed by atoms with van der Waals surface area (Å²) in [5, 5.41) is 4.54. The van der Waals surface area contributed by atoms with Crippen LogP contribution >= 0.6 is 0 Å². The van der Waals surface area contributed by atoms with Crippen LogP contribution in [0.4, 0.5) is 0 Å². The Morgan fingerprint density at radius 2 is 2.12 bits per heavy atom. The quantitative estimate of drug-likeness (QED) is 0.705. The number of nitrogens with one attached hydrogen (secondary N) is 1. The second-order valence-corrected chi connectivity index (χ2v) is 6.10. The molecule has 0 spiro atoms. The van der Waals surface area contributed by atoms with Gasteiger partial charge in [-0.15, -0.1) is 0 Å². The largest absolute Gasteiger partial charge is 0.379 e. The van der Waals surface area contributed by atoms with Gasteiger partial charge in [0.15, 0.2) is 9.84 Å². The monoisotopic (exact) mass is 246 g/mol. The highest BCUT2D eigenvalue weighted by atomic mass is 32.2. The minimum absolute atomic E-state index is 0.00830. The summed E-state index contributed by atoms with van der Waals surface area (Å²) < 4.78 is 27.6. The van der Waals surface area contributed by atoms with Crippen LogP contribution in [-0.4, -0.2) is 64.5 Å². The van der Waals surface area contributed by atoms with Crippen molar-refractivity contribution in [2.24, 2.45) is 0 Å². The Labute approximate surface area is 96.4 Å². The topological polar surface area (TPSA) is 58.6 Å². The van der Waals surface area contributed by atoms with Gasteiger partial charge in [0.2, 0.25) is 0 Å². The van der Waals surface area contributed by atoms with Crippen LogP contribution in [0.15, 0.2) is 11.5 Å². The minimum atomic E-state index is -2.93. The Morgan fingerprint density at radius 3 is 2.75 bits per heavy atom. The molecule has 1 N–H and O–H groups in total. The van der Waals surface area contributed by atoms with E-state index >= 15 is 0 Å². The van der Waals surface area contributed by atoms with E-state index in [9.17, 15) is 8.42 Å². The van der Waals surface area contributed by atoms with Gasteiger partial charge in [-0.1, -0.05) is 6.08 Å². The highest BCUT2D eigenvalue weighted by molar-refractivity contribution is 7.94. The van der Waals surface area contributed by atoms with E-state index in [4.69, 9.17) is 4.74 Å². The van der Waals surface area contributed by atoms with Crippen LogP contribution in [0.25, 0.3) is 0 Å². The van der Waals surface area contributed by atoms with Crippen LogP contribution in [0.1, 0.15) is 0 Å². The first-order chi connectivity index (χ1) is 7.66. The summed E-state index contributed by atoms with van der Waals surface area (Å²) in [4.78, 5) is 2.32. The lowest BCUT2D eigenvalue weighted by molar-refractivity contribution is 0.0383. The summed E-state index contributed by atoms with van der Waals surface area (Å²) >= 11 is 0. The van der Waals surface area contributed by atoms with E-state index in [1.54, 1.807) is 6.08 Å². The molecule has 2 aliphatic rings. The standard InChI is InChI=1S/C10H18N2O3S/c13-16(14)8-1-10(9-16)11-2-3-12-4-6-15-7-5-12/h1,8,10-11H,2-7,9H2. The fourth-order valence-corrected chi connectivity index (χ4v) is 3.21. The molecule has 0 aromatic heterocycles. The van der Waals surface area contributed by atoms with Crippen LogP contribution in [-0.2, 0) is 14.6 Å². The van der Waals surface area contributed by atoms with Crippen molar-refractivity contribution in [3.63, 3.8) is 0 Å². The molecule has 2 rings (SSSR count). The molecule has 1 saturated heterocycles. The van der Waals surface area contributed by atoms with Gasteiger partial charge >= 0.3 is 0 Å². The maximum absolute atomic E-state index is 11.2. The molecule has 16 heavy (non-hydrogen) atoms. The highest BCUT2D eigenvalue weighted by Crippen LogP contribution is 2.07. The minimum Gasteiger partial charge on any atom is -0.379 e. The molecule has 0 aromatic rings. The van der Waals surface area contributed by atoms with Gasteiger partial charge in [0.1, 0.15) is 0 Å². The molecule has 0 radical (unpaired) electrons. The Balaban J connectivity index is 1.63. The molecular formula is C10H18N2O3S. The maximum atomic E-state index is 11.2. The molecule has 6 heteroatoms. The van der Waals surface area contributed by atoms with Gasteiger partial charge in [-0.25, -0.2) is 8.42 Å². The van der Waals surface area contributed by atoms with E-state index in [1.807, 2.05) is 0 Å². The summed E-state index contributed by atoms with van der Waals surface area (Å²) in [6, 6.07) is -0.00830. The van der Waals surface area contributed by atoms with Crippen molar-refractivity contribution in [1.29, 1.82) is 0 Å². The van der Waals surface area contributed by atoms with Crippen molar-refractivity contribution in [2.45, 2.75) is 6.04 Å². The first-order valence-corrected chi connectivity index (χ1v) is 7.32. The van der Waals surface area contributed by atoms with Crippen molar-refractivity contribution in [3.05, 3.63) is 11.5 Å². The number of hydrogen-bond donors (Lipinski definition) is 1. The van der Waals surface area contributed by atoms with E-state index in [-0.39, 0.29) is 11.8 Å². The zero-order chi connectivity index (χ0) is 11.4. The molecule has 1 fully saturated rings. The summed E-state index contributed by atoms with van der Waals surface area (Å²) in [6.07, 6.45) is 1.73. The number of rotatable bonds is 4. The smallest absolute Gasteiger partial charge is 0.173 e. The Kier molecular flexibility index (Phi) is 3.96. The molecule has 0 aliphatic carbocycles. The van der Waals surface area contributed by atoms with Crippen molar-refractivity contribution in [1.82, 2.24) is 10.2 Å². The van der Waals surface area contributed by atoms with Gasteiger partial charge in [0.25, 0.3) is 0 Å². The number of sulfone groups is 1. The Morgan fingerprint density at radius 1 is 1.38 bits per heavy atom. The van der Waals surface area contributed by atoms with Gasteiger partial charge in [-0.3, -0.25) is 4.90 Å². The van der Waals surface area contributed by atoms with E-state index in [1.165, 1.54) is 5.41 Å². The van der Waals surface area contributed by atoms with Crippen LogP contribution < -0.4 is 5.32 Å². The third-order valence-corrected chi connectivity index (χ3v) is 4.26. The first-order valence-electron chi connectivity index (χ1n) is 5.60. The molecule has 0 amide bonds. The zero-order valence-corrected chi connectivity index (χ0v) is 10.1. The van der Waals surface area contributed by atoms with Crippen molar-refractivity contribution >= 4 is 9.84 Å². The van der Waals surface area contributed by atoms with Crippen LogP contribution in [0, 0.1) is 0 Å². The van der Waals surface area contributed by atoms with Gasteiger partial charge in [0.05, 0.1) is 19.0 Å². The lowest BCUT2D eigenvalue weighted by atomic mass is 10.3. The van der Waals surface area contributed by atoms with Crippen LogP contribution in [0.3, 0.4) is 0 Å². The molecule has 0 bridgehead atoms. The number of morpholine rings is 1. The summed E-state index contributed by atoms with van der Waals surface area (Å²) in [5.41, 5.74) is 0. The zero-order valence-electron chi connectivity index (χ0n) is 9.26. The van der Waals surface area contributed by atoms with E-state index in [0.717, 1.165) is 39.4 Å². The molecule has 0 saturated carbocycles. The fraction of sp³-hybridized carbons (Fsp3) is 0.800. The number of ether oxygens (including phenoxy) is 1. The summed E-state index contributed by atoms with van der Waals surface area (Å²) in [6.45, 7) is 5.33. The number of hydrogen-bond acceptors (Lipinski definition) is 5. The molecular weight excluding hydrogens is 228 g/mol. The third-order valence-electron chi connectivity index (χ3n) is 2.87. The van der Waals surface area contributed by atoms with Gasteiger partial charge in [0, 0.05) is 37.6 Å². The summed E-state index contributed by atoms with van der Waals surface area (Å²) in [5.74, 6) is 0.204. The highest BCUT2D eigenvalue weighted by Gasteiger charge is 2.21. The lowest BCUT2D eigenvalue weighted by Gasteiger charge is -2.26. The molecule has 5 nitrogen and oxygen atoms in total. The Hall–Kier alpha value is -0.430. The normalized spacial score (nSPS) is 29.6. The third kappa shape index (κ3) is 3.55. The van der Waals surface area contributed by atoms with Crippen molar-refractivity contribution < 1.29 is 13.2 Å². The van der Waals surface area contributed by atoms with E-state index < -0.39 is 9.84 Å². The van der Waals surface area contributed by atoms with Gasteiger partial charge < -0.3 is 10.1 Å². The molecule has 1 atom stereocenters. The molecule has 2 aliphatic heterocycles. The van der Waals surface area contributed by atoms with Crippen molar-refractivity contribution in [2.75, 3.05) is 45.1 Å².